The van der Waals surface area contributed by atoms with E-state index in [1.807, 2.05) is 60.7 Å². The number of carbonyl (C=O) groups is 1. The molecule has 12 heteroatoms. The van der Waals surface area contributed by atoms with E-state index in [0.717, 1.165) is 83.0 Å². The van der Waals surface area contributed by atoms with Gasteiger partial charge in [-0.3, -0.25) is 4.79 Å². The molecule has 0 aliphatic carbocycles. The van der Waals surface area contributed by atoms with Crippen LogP contribution in [0.3, 0.4) is 0 Å². The van der Waals surface area contributed by atoms with Crippen LogP contribution in [-0.2, 0) is 17.9 Å². The van der Waals surface area contributed by atoms with Gasteiger partial charge in [0.25, 0.3) is 0 Å². The number of carbonyl (C=O) groups excluding carboxylic acids is 1. The Morgan fingerprint density at radius 3 is 2.66 bits per heavy atom. The van der Waals surface area contributed by atoms with Crippen LogP contribution in [-0.4, -0.2) is 44.5 Å². The van der Waals surface area contributed by atoms with E-state index in [4.69, 9.17) is 31.8 Å². The lowest BCUT2D eigenvalue weighted by atomic mass is 10.1. The SMILES string of the molecule is COc1ccc2nc3cc(Cl)ccc3c(NCCCCCCCC(=O)NCc3cccc(COc4nc(N)nc5nc[nH]c45)c3)c2c1. The molecular formula is C35H37ClN8O3. The average molecular weight is 653 g/mol. The highest BCUT2D eigenvalue weighted by Gasteiger charge is 2.12. The summed E-state index contributed by atoms with van der Waals surface area (Å²) in [6.07, 6.45) is 7.07. The van der Waals surface area contributed by atoms with E-state index in [9.17, 15) is 4.79 Å². The molecule has 0 spiro atoms. The van der Waals surface area contributed by atoms with Crippen LogP contribution in [0.25, 0.3) is 33.0 Å². The van der Waals surface area contributed by atoms with Gasteiger partial charge in [0, 0.05) is 35.3 Å². The maximum atomic E-state index is 12.5. The van der Waals surface area contributed by atoms with E-state index in [0.29, 0.717) is 41.6 Å². The predicted octanol–water partition coefficient (Wildman–Crippen LogP) is 6.95. The minimum Gasteiger partial charge on any atom is -0.497 e. The van der Waals surface area contributed by atoms with Crippen molar-refractivity contribution in [3.63, 3.8) is 0 Å². The molecule has 0 fully saturated rings. The Kier molecular flexibility index (Phi) is 10.1. The number of H-pyrrole nitrogens is 1. The summed E-state index contributed by atoms with van der Waals surface area (Å²) in [5.74, 6) is 1.30. The topological polar surface area (TPSA) is 153 Å². The number of rotatable bonds is 15. The molecule has 6 aromatic rings. The molecule has 11 nitrogen and oxygen atoms in total. The summed E-state index contributed by atoms with van der Waals surface area (Å²) < 4.78 is 11.4. The van der Waals surface area contributed by atoms with Crippen molar-refractivity contribution < 1.29 is 14.3 Å². The second-order valence-electron chi connectivity index (χ2n) is 11.3. The first-order chi connectivity index (χ1) is 23.0. The number of fused-ring (bicyclic) bond motifs is 3. The first-order valence-electron chi connectivity index (χ1n) is 15.7. The highest BCUT2D eigenvalue weighted by molar-refractivity contribution is 6.31. The lowest BCUT2D eigenvalue weighted by molar-refractivity contribution is -0.121. The maximum Gasteiger partial charge on any atom is 0.245 e. The molecule has 0 bridgehead atoms. The van der Waals surface area contributed by atoms with Crippen LogP contribution in [0.2, 0.25) is 5.02 Å². The maximum absolute atomic E-state index is 12.5. The van der Waals surface area contributed by atoms with Gasteiger partial charge in [0.15, 0.2) is 5.65 Å². The van der Waals surface area contributed by atoms with Gasteiger partial charge in [0.05, 0.1) is 30.2 Å². The largest absolute Gasteiger partial charge is 0.497 e. The summed E-state index contributed by atoms with van der Waals surface area (Å²) in [5.41, 5.74) is 11.6. The number of aromatic nitrogens is 5. The summed E-state index contributed by atoms with van der Waals surface area (Å²) in [6, 6.07) is 19.6. The first-order valence-corrected chi connectivity index (χ1v) is 16.1. The molecule has 6 rings (SSSR count). The van der Waals surface area contributed by atoms with E-state index in [1.54, 1.807) is 7.11 Å². The number of anilines is 2. The number of nitrogen functional groups attached to an aromatic ring is 1. The number of hydrogen-bond acceptors (Lipinski definition) is 9. The lowest BCUT2D eigenvalue weighted by Crippen LogP contribution is -2.22. The Hall–Kier alpha value is -5.16. The van der Waals surface area contributed by atoms with Crippen LogP contribution in [0.4, 0.5) is 11.6 Å². The Morgan fingerprint density at radius 2 is 1.77 bits per heavy atom. The van der Waals surface area contributed by atoms with Crippen molar-refractivity contribution in [2.75, 3.05) is 24.7 Å². The van der Waals surface area contributed by atoms with Gasteiger partial charge in [-0.25, -0.2) is 9.97 Å². The number of amides is 1. The quantitative estimate of drug-likeness (QED) is 0.0682. The average Bonchev–Trinajstić information content (AvgIpc) is 3.55. The molecule has 3 aromatic heterocycles. The van der Waals surface area contributed by atoms with Gasteiger partial charge in [0.2, 0.25) is 17.7 Å². The van der Waals surface area contributed by atoms with E-state index >= 15 is 0 Å². The van der Waals surface area contributed by atoms with E-state index in [1.165, 1.54) is 6.33 Å². The standard InChI is InChI=1S/C35H37ClN8O3/c1-46-25-12-14-28-27(18-25)31(26-13-11-24(36)17-29(26)42-28)38-15-6-4-2-3-5-10-30(45)39-19-22-8-7-9-23(16-22)20-47-34-32-33(41-21-40-32)43-35(37)44-34/h7-9,11-14,16-18,21H,2-6,10,15,19-20H2,1H3,(H,38,42)(H,39,45)(H3,37,40,41,43,44). The number of nitrogens with two attached hydrogens (primary N) is 1. The Labute approximate surface area is 277 Å². The van der Waals surface area contributed by atoms with Gasteiger partial charge in [-0.15, -0.1) is 0 Å². The number of benzene rings is 3. The monoisotopic (exact) mass is 652 g/mol. The van der Waals surface area contributed by atoms with Crippen molar-refractivity contribution in [3.05, 3.63) is 83.1 Å². The number of hydrogen-bond donors (Lipinski definition) is 4. The molecule has 0 atom stereocenters. The fraction of sp³-hybridized carbons (Fsp3) is 0.286. The summed E-state index contributed by atoms with van der Waals surface area (Å²) >= 11 is 6.25. The molecule has 3 aromatic carbocycles. The number of pyridine rings is 1. The van der Waals surface area contributed by atoms with Crippen LogP contribution in [0.15, 0.2) is 67.0 Å². The van der Waals surface area contributed by atoms with Crippen molar-refractivity contribution in [1.29, 1.82) is 0 Å². The fourth-order valence-corrected chi connectivity index (χ4v) is 5.73. The van der Waals surface area contributed by atoms with Crippen molar-refractivity contribution in [2.24, 2.45) is 0 Å². The van der Waals surface area contributed by atoms with E-state index in [-0.39, 0.29) is 11.9 Å². The molecule has 0 unspecified atom stereocenters. The van der Waals surface area contributed by atoms with Gasteiger partial charge in [-0.1, -0.05) is 55.1 Å². The van der Waals surface area contributed by atoms with Gasteiger partial charge >= 0.3 is 0 Å². The molecule has 0 aliphatic heterocycles. The zero-order valence-electron chi connectivity index (χ0n) is 26.2. The number of unbranched alkanes of at least 4 members (excludes halogenated alkanes) is 4. The number of nitrogens with zero attached hydrogens (tertiary/aromatic N) is 4. The van der Waals surface area contributed by atoms with Crippen molar-refractivity contribution >= 4 is 62.1 Å². The Bertz CT molecular complexity index is 2010. The van der Waals surface area contributed by atoms with Gasteiger partial charge in [-0.2, -0.15) is 9.97 Å². The third kappa shape index (κ3) is 7.98. The number of aromatic amines is 1. The van der Waals surface area contributed by atoms with Crippen LogP contribution < -0.4 is 25.8 Å². The van der Waals surface area contributed by atoms with Gasteiger partial charge in [-0.05, 0) is 60.4 Å². The molecule has 1 amide bonds. The Morgan fingerprint density at radius 1 is 0.915 bits per heavy atom. The third-order valence-electron chi connectivity index (χ3n) is 7.95. The molecule has 3 heterocycles. The first kappa shape index (κ1) is 31.8. The summed E-state index contributed by atoms with van der Waals surface area (Å²) in [5, 5.41) is 9.40. The van der Waals surface area contributed by atoms with Crippen molar-refractivity contribution in [1.82, 2.24) is 30.2 Å². The van der Waals surface area contributed by atoms with Crippen LogP contribution in [0, 0.1) is 0 Å². The highest BCUT2D eigenvalue weighted by atomic mass is 35.5. The molecule has 242 valence electrons. The molecule has 47 heavy (non-hydrogen) atoms. The summed E-state index contributed by atoms with van der Waals surface area (Å²) in [7, 11) is 1.67. The van der Waals surface area contributed by atoms with Crippen LogP contribution in [0.5, 0.6) is 11.6 Å². The predicted molar refractivity (Wildman–Crippen MR) is 186 cm³/mol. The summed E-state index contributed by atoms with van der Waals surface area (Å²) in [4.78, 5) is 32.6. The molecule has 0 radical (unpaired) electrons. The zero-order valence-corrected chi connectivity index (χ0v) is 26.9. The number of imidazole rings is 1. The lowest BCUT2D eigenvalue weighted by Gasteiger charge is -2.14. The molecule has 0 saturated carbocycles. The molecule has 0 aliphatic rings. The van der Waals surface area contributed by atoms with Crippen molar-refractivity contribution in [2.45, 2.75) is 51.7 Å². The van der Waals surface area contributed by atoms with Gasteiger partial charge in [0.1, 0.15) is 17.9 Å². The molecular weight excluding hydrogens is 616 g/mol. The zero-order chi connectivity index (χ0) is 32.6. The second-order valence-corrected chi connectivity index (χ2v) is 11.8. The molecule has 5 N–H and O–H groups in total. The second kappa shape index (κ2) is 15.0. The third-order valence-corrected chi connectivity index (χ3v) is 8.19. The highest BCUT2D eigenvalue weighted by Crippen LogP contribution is 2.34. The fourth-order valence-electron chi connectivity index (χ4n) is 5.57. The van der Waals surface area contributed by atoms with E-state index in [2.05, 4.69) is 30.6 Å². The Balaban J connectivity index is 0.904. The smallest absolute Gasteiger partial charge is 0.245 e. The van der Waals surface area contributed by atoms with Crippen molar-refractivity contribution in [3.8, 4) is 11.6 Å². The van der Waals surface area contributed by atoms with Crippen LogP contribution >= 0.6 is 11.6 Å². The molecule has 0 saturated heterocycles. The minimum atomic E-state index is 0.0541. The van der Waals surface area contributed by atoms with Gasteiger partial charge < -0.3 is 30.8 Å². The minimum absolute atomic E-state index is 0.0541. The number of methoxy groups -OCH3 is 1. The van der Waals surface area contributed by atoms with Crippen LogP contribution in [0.1, 0.15) is 49.7 Å². The number of ether oxygens (including phenoxy) is 2. The summed E-state index contributed by atoms with van der Waals surface area (Å²) in [6.45, 7) is 1.58. The normalized spacial score (nSPS) is 11.3. The number of halogens is 1. The number of nitrogens with one attached hydrogen (secondary N) is 3. The van der Waals surface area contributed by atoms with E-state index < -0.39 is 0 Å².